The summed E-state index contributed by atoms with van der Waals surface area (Å²) in [6.07, 6.45) is 1.35. The minimum Gasteiger partial charge on any atom is -0.481 e. The highest BCUT2D eigenvalue weighted by Gasteiger charge is 2.30. The predicted molar refractivity (Wildman–Crippen MR) is 99.4 cm³/mol. The first kappa shape index (κ1) is 17.5. The molecular weight excluding hydrogens is 390 g/mol. The zero-order chi connectivity index (χ0) is 17.1. The molecule has 126 valence electrons. The average molecular weight is 409 g/mol. The van der Waals surface area contributed by atoms with Gasteiger partial charge in [-0.25, -0.2) is 0 Å². The van der Waals surface area contributed by atoms with Crippen LogP contribution in [0.5, 0.6) is 0 Å². The first-order valence-electron chi connectivity index (χ1n) is 8.03. The number of hydrogen-bond donors (Lipinski definition) is 1. The van der Waals surface area contributed by atoms with E-state index in [0.29, 0.717) is 17.9 Å². The lowest BCUT2D eigenvalue weighted by atomic mass is 9.91. The highest BCUT2D eigenvalue weighted by molar-refractivity contribution is 9.10. The molecule has 0 spiro atoms. The minimum atomic E-state index is -0.685. The molecule has 1 unspecified atom stereocenters. The van der Waals surface area contributed by atoms with Gasteiger partial charge >= 0.3 is 5.97 Å². The van der Waals surface area contributed by atoms with Gasteiger partial charge in [-0.3, -0.25) is 9.69 Å². The Balaban J connectivity index is 1.95. The first-order valence-corrected chi connectivity index (χ1v) is 9.20. The molecule has 24 heavy (non-hydrogen) atoms. The number of hydrogen-bond acceptors (Lipinski definition) is 2. The Hall–Kier alpha value is -1.36. The van der Waals surface area contributed by atoms with Crippen LogP contribution < -0.4 is 0 Å². The van der Waals surface area contributed by atoms with Crippen molar-refractivity contribution in [2.75, 3.05) is 13.1 Å². The van der Waals surface area contributed by atoms with Crippen molar-refractivity contribution < 1.29 is 9.90 Å². The van der Waals surface area contributed by atoms with Crippen LogP contribution in [-0.2, 0) is 4.79 Å². The molecule has 0 bridgehead atoms. The van der Waals surface area contributed by atoms with E-state index in [4.69, 9.17) is 11.6 Å². The molecule has 0 amide bonds. The highest BCUT2D eigenvalue weighted by Crippen LogP contribution is 2.36. The molecule has 1 N–H and O–H groups in total. The molecule has 5 heteroatoms. The fraction of sp³-hybridized carbons (Fsp3) is 0.316. The van der Waals surface area contributed by atoms with Gasteiger partial charge in [0.2, 0.25) is 0 Å². The Morgan fingerprint density at radius 1 is 1.17 bits per heavy atom. The Morgan fingerprint density at radius 2 is 1.88 bits per heavy atom. The molecule has 1 aliphatic heterocycles. The number of likely N-dealkylation sites (tertiary alicyclic amines) is 1. The second-order valence-corrected chi connectivity index (χ2v) is 7.42. The van der Waals surface area contributed by atoms with E-state index in [9.17, 15) is 9.90 Å². The van der Waals surface area contributed by atoms with Crippen LogP contribution in [0.3, 0.4) is 0 Å². The molecule has 1 heterocycles. The molecule has 3 nitrogen and oxygen atoms in total. The zero-order valence-corrected chi connectivity index (χ0v) is 15.5. The maximum absolute atomic E-state index is 11.2. The molecule has 1 atom stereocenters. The van der Waals surface area contributed by atoms with E-state index in [2.05, 4.69) is 33.0 Å². The SMILES string of the molecule is O=C(O)C1CCN(C(c2cccc(Cl)c2)c2ccccc2Br)CC1. The number of halogens is 2. The third-order valence-corrected chi connectivity index (χ3v) is 5.57. The standard InChI is InChI=1S/C19H19BrClNO2/c20-17-7-2-1-6-16(17)18(14-4-3-5-15(21)12-14)22-10-8-13(9-11-22)19(23)24/h1-7,12-13,18H,8-11H2,(H,23,24). The van der Waals surface area contributed by atoms with Crippen LogP contribution in [0.25, 0.3) is 0 Å². The van der Waals surface area contributed by atoms with Crippen molar-refractivity contribution in [1.29, 1.82) is 0 Å². The second kappa shape index (κ2) is 7.68. The number of rotatable bonds is 4. The van der Waals surface area contributed by atoms with Crippen molar-refractivity contribution in [1.82, 2.24) is 4.90 Å². The molecule has 0 saturated carbocycles. The molecule has 2 aromatic carbocycles. The first-order chi connectivity index (χ1) is 11.6. The molecule has 0 radical (unpaired) electrons. The van der Waals surface area contributed by atoms with E-state index in [0.717, 1.165) is 23.1 Å². The van der Waals surface area contributed by atoms with E-state index in [1.54, 1.807) is 0 Å². The maximum Gasteiger partial charge on any atom is 0.306 e. The summed E-state index contributed by atoms with van der Waals surface area (Å²) in [4.78, 5) is 13.6. The number of carbonyl (C=O) groups is 1. The fourth-order valence-electron chi connectivity index (χ4n) is 3.37. The summed E-state index contributed by atoms with van der Waals surface area (Å²) < 4.78 is 1.05. The van der Waals surface area contributed by atoms with E-state index in [-0.39, 0.29) is 12.0 Å². The van der Waals surface area contributed by atoms with Gasteiger partial charge in [-0.15, -0.1) is 0 Å². The summed E-state index contributed by atoms with van der Waals surface area (Å²) in [5.41, 5.74) is 2.30. The molecule has 2 aromatic rings. The van der Waals surface area contributed by atoms with Crippen LogP contribution in [0.4, 0.5) is 0 Å². The summed E-state index contributed by atoms with van der Waals surface area (Å²) in [5, 5.41) is 9.95. The molecule has 3 rings (SSSR count). The Morgan fingerprint density at radius 3 is 2.50 bits per heavy atom. The molecule has 1 saturated heterocycles. The van der Waals surface area contributed by atoms with Crippen LogP contribution in [0.1, 0.15) is 30.0 Å². The monoisotopic (exact) mass is 407 g/mol. The van der Waals surface area contributed by atoms with Crippen LogP contribution in [0.15, 0.2) is 53.0 Å². The van der Waals surface area contributed by atoms with Gasteiger partial charge in [-0.05, 0) is 55.3 Å². The van der Waals surface area contributed by atoms with Gasteiger partial charge < -0.3 is 5.11 Å². The normalized spacial score (nSPS) is 17.6. The number of carboxylic acids is 1. The summed E-state index contributed by atoms with van der Waals surface area (Å²) in [6, 6.07) is 16.2. The number of carboxylic acid groups (broad SMARTS) is 1. The Kier molecular flexibility index (Phi) is 5.59. The van der Waals surface area contributed by atoms with Gasteiger partial charge in [0.1, 0.15) is 0 Å². The van der Waals surface area contributed by atoms with E-state index < -0.39 is 5.97 Å². The molecule has 0 aromatic heterocycles. The Labute approximate surface area is 155 Å². The summed E-state index contributed by atoms with van der Waals surface area (Å²) >= 11 is 9.87. The topological polar surface area (TPSA) is 40.5 Å². The molecule has 1 aliphatic rings. The maximum atomic E-state index is 11.2. The predicted octanol–water partition coefficient (Wildman–Crippen LogP) is 4.99. The van der Waals surface area contributed by atoms with Gasteiger partial charge in [0, 0.05) is 9.50 Å². The average Bonchev–Trinajstić information content (AvgIpc) is 2.57. The lowest BCUT2D eigenvalue weighted by Gasteiger charge is -2.37. The van der Waals surface area contributed by atoms with Crippen LogP contribution in [0.2, 0.25) is 5.02 Å². The van der Waals surface area contributed by atoms with Gasteiger partial charge in [0.25, 0.3) is 0 Å². The van der Waals surface area contributed by atoms with Gasteiger partial charge in [-0.1, -0.05) is 57.9 Å². The van der Waals surface area contributed by atoms with Crippen molar-refractivity contribution in [3.63, 3.8) is 0 Å². The quantitative estimate of drug-likeness (QED) is 0.775. The molecule has 1 fully saturated rings. The van der Waals surface area contributed by atoms with E-state index >= 15 is 0 Å². The summed E-state index contributed by atoms with van der Waals surface area (Å²) in [7, 11) is 0. The van der Waals surface area contributed by atoms with E-state index in [1.807, 2.05) is 36.4 Å². The van der Waals surface area contributed by atoms with E-state index in [1.165, 1.54) is 5.56 Å². The van der Waals surface area contributed by atoms with Crippen molar-refractivity contribution in [3.05, 3.63) is 69.2 Å². The largest absolute Gasteiger partial charge is 0.481 e. The summed E-state index contributed by atoms with van der Waals surface area (Å²) in [6.45, 7) is 1.52. The van der Waals surface area contributed by atoms with Crippen LogP contribution in [0, 0.1) is 5.92 Å². The number of piperidine rings is 1. The highest BCUT2D eigenvalue weighted by atomic mass is 79.9. The van der Waals surface area contributed by atoms with Gasteiger partial charge in [0.05, 0.1) is 12.0 Å². The van der Waals surface area contributed by atoms with Crippen molar-refractivity contribution in [2.24, 2.45) is 5.92 Å². The fourth-order valence-corrected chi connectivity index (χ4v) is 4.07. The van der Waals surface area contributed by atoms with Crippen molar-refractivity contribution in [3.8, 4) is 0 Å². The third-order valence-electron chi connectivity index (χ3n) is 4.61. The second-order valence-electron chi connectivity index (χ2n) is 6.13. The third kappa shape index (κ3) is 3.82. The number of aliphatic carboxylic acids is 1. The minimum absolute atomic E-state index is 0.0639. The molecule has 0 aliphatic carbocycles. The Bertz CT molecular complexity index is 729. The van der Waals surface area contributed by atoms with Crippen molar-refractivity contribution in [2.45, 2.75) is 18.9 Å². The smallest absolute Gasteiger partial charge is 0.306 e. The lowest BCUT2D eigenvalue weighted by Crippen LogP contribution is -2.39. The lowest BCUT2D eigenvalue weighted by molar-refractivity contribution is -0.143. The van der Waals surface area contributed by atoms with Crippen molar-refractivity contribution >= 4 is 33.5 Å². The molecular formula is C19H19BrClNO2. The van der Waals surface area contributed by atoms with Gasteiger partial charge in [-0.2, -0.15) is 0 Å². The summed E-state index contributed by atoms with van der Waals surface area (Å²) in [5.74, 6) is -0.921. The number of nitrogens with zero attached hydrogens (tertiary/aromatic N) is 1. The van der Waals surface area contributed by atoms with Gasteiger partial charge in [0.15, 0.2) is 0 Å². The zero-order valence-electron chi connectivity index (χ0n) is 13.2. The van der Waals surface area contributed by atoms with Crippen LogP contribution in [-0.4, -0.2) is 29.1 Å². The number of benzene rings is 2. The van der Waals surface area contributed by atoms with Crippen LogP contribution >= 0.6 is 27.5 Å².